The van der Waals surface area contributed by atoms with Crippen LogP contribution < -0.4 is 4.72 Å². The van der Waals surface area contributed by atoms with E-state index in [0.29, 0.717) is 23.2 Å². The van der Waals surface area contributed by atoms with Crippen LogP contribution in [0.2, 0.25) is 0 Å². The molecule has 25 heavy (non-hydrogen) atoms. The monoisotopic (exact) mass is 364 g/mol. The van der Waals surface area contributed by atoms with Gasteiger partial charge in [-0.25, -0.2) is 13.1 Å². The van der Waals surface area contributed by atoms with E-state index in [1.807, 2.05) is 6.07 Å². The van der Waals surface area contributed by atoms with E-state index in [1.165, 1.54) is 0 Å². The Morgan fingerprint density at radius 3 is 2.68 bits per heavy atom. The van der Waals surface area contributed by atoms with Crippen molar-refractivity contribution >= 4 is 10.0 Å². The number of nitrogens with one attached hydrogen (secondary N) is 1. The number of rotatable bonds is 7. The molecule has 0 unspecified atom stereocenters. The zero-order valence-corrected chi connectivity index (χ0v) is 15.5. The molecule has 1 saturated carbocycles. The van der Waals surface area contributed by atoms with Crippen LogP contribution in [-0.2, 0) is 27.8 Å². The van der Waals surface area contributed by atoms with Gasteiger partial charge in [0, 0.05) is 19.2 Å². The molecular weight excluding hydrogens is 340 g/mol. The summed E-state index contributed by atoms with van der Waals surface area (Å²) in [7, 11) is -1.88. The predicted molar refractivity (Wildman–Crippen MR) is 93.4 cm³/mol. The molecule has 6 nitrogen and oxygen atoms in total. The fourth-order valence-electron chi connectivity index (χ4n) is 3.33. The lowest BCUT2D eigenvalue weighted by Gasteiger charge is -2.52. The second-order valence-corrected chi connectivity index (χ2v) is 8.88. The van der Waals surface area contributed by atoms with Crippen LogP contribution in [0.4, 0.5) is 0 Å². The first kappa shape index (κ1) is 18.1. The molecule has 0 aliphatic heterocycles. The van der Waals surface area contributed by atoms with Gasteiger partial charge in [0.05, 0.1) is 10.6 Å². The lowest BCUT2D eigenvalue weighted by molar-refractivity contribution is 0.0270. The summed E-state index contributed by atoms with van der Waals surface area (Å²) in [5.74, 6) is 1.05. The van der Waals surface area contributed by atoms with E-state index in [2.05, 4.69) is 23.7 Å². The highest BCUT2D eigenvalue weighted by Gasteiger charge is 2.49. The van der Waals surface area contributed by atoms with Gasteiger partial charge in [-0.2, -0.15) is 0 Å². The first-order valence-corrected chi connectivity index (χ1v) is 9.82. The molecule has 136 valence electrons. The van der Waals surface area contributed by atoms with E-state index >= 15 is 0 Å². The SMILES string of the molecule is COCc1cc(C[C@@H]2C[C@H](NS(=O)(=O)c3ccccc3)C2(C)C)no1. The van der Waals surface area contributed by atoms with Crippen molar-refractivity contribution < 1.29 is 17.7 Å². The molecule has 0 saturated heterocycles. The van der Waals surface area contributed by atoms with Crippen LogP contribution in [0.1, 0.15) is 31.7 Å². The van der Waals surface area contributed by atoms with Crippen molar-refractivity contribution in [3.63, 3.8) is 0 Å². The van der Waals surface area contributed by atoms with E-state index in [0.717, 1.165) is 18.5 Å². The maximum absolute atomic E-state index is 12.5. The van der Waals surface area contributed by atoms with E-state index in [-0.39, 0.29) is 11.5 Å². The van der Waals surface area contributed by atoms with Crippen molar-refractivity contribution in [2.24, 2.45) is 11.3 Å². The minimum atomic E-state index is -3.49. The van der Waals surface area contributed by atoms with Gasteiger partial charge in [-0.3, -0.25) is 0 Å². The molecule has 0 amide bonds. The topological polar surface area (TPSA) is 81.4 Å². The second-order valence-electron chi connectivity index (χ2n) is 7.16. The first-order chi connectivity index (χ1) is 11.8. The van der Waals surface area contributed by atoms with Gasteiger partial charge in [-0.05, 0) is 36.3 Å². The largest absolute Gasteiger partial charge is 0.377 e. The number of benzene rings is 1. The number of methoxy groups -OCH3 is 1. The minimum Gasteiger partial charge on any atom is -0.377 e. The van der Waals surface area contributed by atoms with Gasteiger partial charge < -0.3 is 9.26 Å². The highest BCUT2D eigenvalue weighted by molar-refractivity contribution is 7.89. The van der Waals surface area contributed by atoms with Gasteiger partial charge in [0.2, 0.25) is 10.0 Å². The Labute approximate surface area is 148 Å². The summed E-state index contributed by atoms with van der Waals surface area (Å²) in [6, 6.07) is 10.3. The van der Waals surface area contributed by atoms with Crippen LogP contribution in [0.3, 0.4) is 0 Å². The third-order valence-corrected chi connectivity index (χ3v) is 6.66. The molecule has 1 aromatic heterocycles. The van der Waals surface area contributed by atoms with Gasteiger partial charge in [0.1, 0.15) is 6.61 Å². The normalized spacial score (nSPS) is 22.5. The van der Waals surface area contributed by atoms with Gasteiger partial charge in [0.15, 0.2) is 5.76 Å². The molecule has 1 aliphatic carbocycles. The summed E-state index contributed by atoms with van der Waals surface area (Å²) in [6.45, 7) is 4.59. The molecule has 1 aliphatic rings. The quantitative estimate of drug-likeness (QED) is 0.817. The number of nitrogens with zero attached hydrogens (tertiary/aromatic N) is 1. The predicted octanol–water partition coefficient (Wildman–Crippen LogP) is 2.76. The maximum Gasteiger partial charge on any atom is 0.240 e. The van der Waals surface area contributed by atoms with Crippen molar-refractivity contribution in [2.75, 3.05) is 7.11 Å². The lowest BCUT2D eigenvalue weighted by atomic mass is 9.57. The Bertz CT molecular complexity index is 815. The zero-order chi connectivity index (χ0) is 18.1. The summed E-state index contributed by atoms with van der Waals surface area (Å²) < 4.78 is 38.1. The summed E-state index contributed by atoms with van der Waals surface area (Å²) >= 11 is 0. The van der Waals surface area contributed by atoms with Crippen molar-refractivity contribution in [1.29, 1.82) is 0 Å². The summed E-state index contributed by atoms with van der Waals surface area (Å²) in [4.78, 5) is 0.301. The Morgan fingerprint density at radius 1 is 1.32 bits per heavy atom. The van der Waals surface area contributed by atoms with Crippen molar-refractivity contribution in [3.05, 3.63) is 47.9 Å². The van der Waals surface area contributed by atoms with E-state index in [1.54, 1.807) is 37.4 Å². The Balaban J connectivity index is 1.63. The number of aromatic nitrogens is 1. The molecule has 2 aromatic rings. The molecule has 3 rings (SSSR count). The fourth-order valence-corrected chi connectivity index (χ4v) is 4.76. The second kappa shape index (κ2) is 6.90. The first-order valence-electron chi connectivity index (χ1n) is 8.33. The Kier molecular flexibility index (Phi) is 4.99. The smallest absolute Gasteiger partial charge is 0.240 e. The molecule has 7 heteroatoms. The molecular formula is C18H24N2O4S. The van der Waals surface area contributed by atoms with Crippen molar-refractivity contribution in [2.45, 2.75) is 44.2 Å². The Morgan fingerprint density at radius 2 is 2.04 bits per heavy atom. The number of hydrogen-bond donors (Lipinski definition) is 1. The van der Waals surface area contributed by atoms with E-state index in [4.69, 9.17) is 9.26 Å². The molecule has 1 N–H and O–H groups in total. The highest BCUT2D eigenvalue weighted by atomic mass is 32.2. The molecule has 1 fully saturated rings. The zero-order valence-electron chi connectivity index (χ0n) is 14.7. The van der Waals surface area contributed by atoms with Gasteiger partial charge >= 0.3 is 0 Å². The Hall–Kier alpha value is -1.70. The standard InChI is InChI=1S/C18H24N2O4S/c1-18(2)13(9-14-11-15(12-23-3)24-19-14)10-17(18)20-25(21,22)16-7-5-4-6-8-16/h4-8,11,13,17,20H,9-10,12H2,1-3H3/t13-,17+/m1/s1. The summed E-state index contributed by atoms with van der Waals surface area (Å²) in [5, 5.41) is 4.08. The van der Waals surface area contributed by atoms with Crippen LogP contribution >= 0.6 is 0 Å². The van der Waals surface area contributed by atoms with Crippen LogP contribution in [0.5, 0.6) is 0 Å². The van der Waals surface area contributed by atoms with Gasteiger partial charge in [0.25, 0.3) is 0 Å². The van der Waals surface area contributed by atoms with Crippen LogP contribution in [-0.4, -0.2) is 26.7 Å². The van der Waals surface area contributed by atoms with Crippen molar-refractivity contribution in [3.8, 4) is 0 Å². The third kappa shape index (κ3) is 3.78. The number of hydrogen-bond acceptors (Lipinski definition) is 5. The van der Waals surface area contributed by atoms with Crippen LogP contribution in [0, 0.1) is 11.3 Å². The molecule has 2 atom stereocenters. The minimum absolute atomic E-state index is 0.0898. The number of ether oxygens (including phenoxy) is 1. The maximum atomic E-state index is 12.5. The lowest BCUT2D eigenvalue weighted by Crippen LogP contribution is -2.58. The average molecular weight is 364 g/mol. The highest BCUT2D eigenvalue weighted by Crippen LogP contribution is 2.48. The third-order valence-electron chi connectivity index (χ3n) is 5.17. The molecule has 1 aromatic carbocycles. The van der Waals surface area contributed by atoms with E-state index in [9.17, 15) is 8.42 Å². The van der Waals surface area contributed by atoms with Crippen LogP contribution in [0.15, 0.2) is 45.8 Å². The van der Waals surface area contributed by atoms with Crippen LogP contribution in [0.25, 0.3) is 0 Å². The molecule has 0 spiro atoms. The summed E-state index contributed by atoms with van der Waals surface area (Å²) in [5.41, 5.74) is 0.733. The van der Waals surface area contributed by atoms with Crippen molar-refractivity contribution in [1.82, 2.24) is 9.88 Å². The van der Waals surface area contributed by atoms with Gasteiger partial charge in [-0.15, -0.1) is 0 Å². The molecule has 0 radical (unpaired) electrons. The average Bonchev–Trinajstić information content (AvgIpc) is 3.02. The molecule has 0 bridgehead atoms. The summed E-state index contributed by atoms with van der Waals surface area (Å²) in [6.07, 6.45) is 1.55. The molecule has 1 heterocycles. The van der Waals surface area contributed by atoms with Gasteiger partial charge in [-0.1, -0.05) is 37.2 Å². The van der Waals surface area contributed by atoms with E-state index < -0.39 is 10.0 Å². The fraction of sp³-hybridized carbons (Fsp3) is 0.500. The number of sulfonamides is 1.